The molecule has 0 spiro atoms. The Morgan fingerprint density at radius 2 is 2.20 bits per heavy atom. The molecule has 1 heterocycles. The van der Waals surface area contributed by atoms with E-state index in [0.717, 1.165) is 19.5 Å². The van der Waals surface area contributed by atoms with Gasteiger partial charge in [-0.05, 0) is 44.1 Å². The number of amides is 2. The minimum Gasteiger partial charge on any atom is -0.352 e. The van der Waals surface area contributed by atoms with Crippen molar-refractivity contribution in [2.24, 2.45) is 5.92 Å². The molecule has 20 heavy (non-hydrogen) atoms. The SMILES string of the molecule is CC(=O)Nc1cccc(C(=O)NCC2CCN(C)C2)c1. The smallest absolute Gasteiger partial charge is 0.251 e. The van der Waals surface area contributed by atoms with E-state index < -0.39 is 0 Å². The Hall–Kier alpha value is -1.88. The van der Waals surface area contributed by atoms with Gasteiger partial charge in [0.2, 0.25) is 5.91 Å². The van der Waals surface area contributed by atoms with Gasteiger partial charge in [0.25, 0.3) is 5.91 Å². The van der Waals surface area contributed by atoms with Crippen molar-refractivity contribution >= 4 is 17.5 Å². The van der Waals surface area contributed by atoms with Crippen molar-refractivity contribution < 1.29 is 9.59 Å². The summed E-state index contributed by atoms with van der Waals surface area (Å²) in [7, 11) is 2.10. The minimum atomic E-state index is -0.142. The fraction of sp³-hybridized carbons (Fsp3) is 0.467. The maximum atomic E-state index is 12.1. The summed E-state index contributed by atoms with van der Waals surface area (Å²) in [5.74, 6) is 0.297. The van der Waals surface area contributed by atoms with Crippen LogP contribution in [-0.2, 0) is 4.79 Å². The van der Waals surface area contributed by atoms with E-state index in [1.54, 1.807) is 24.3 Å². The van der Waals surface area contributed by atoms with Gasteiger partial charge in [0.15, 0.2) is 0 Å². The molecule has 1 unspecified atom stereocenters. The molecule has 1 atom stereocenters. The number of nitrogens with zero attached hydrogens (tertiary/aromatic N) is 1. The number of nitrogens with one attached hydrogen (secondary N) is 2. The van der Waals surface area contributed by atoms with E-state index in [4.69, 9.17) is 0 Å². The van der Waals surface area contributed by atoms with Crippen molar-refractivity contribution in [2.75, 3.05) is 32.0 Å². The highest BCUT2D eigenvalue weighted by Gasteiger charge is 2.20. The van der Waals surface area contributed by atoms with Crippen molar-refractivity contribution in [1.82, 2.24) is 10.2 Å². The Morgan fingerprint density at radius 3 is 2.85 bits per heavy atom. The molecule has 0 aromatic heterocycles. The lowest BCUT2D eigenvalue weighted by molar-refractivity contribution is -0.114. The molecule has 0 aliphatic carbocycles. The van der Waals surface area contributed by atoms with Gasteiger partial charge in [0.05, 0.1) is 0 Å². The molecule has 2 N–H and O–H groups in total. The van der Waals surface area contributed by atoms with Gasteiger partial charge in [-0.3, -0.25) is 9.59 Å². The number of likely N-dealkylation sites (tertiary alicyclic amines) is 1. The quantitative estimate of drug-likeness (QED) is 0.871. The lowest BCUT2D eigenvalue weighted by Crippen LogP contribution is -2.30. The average molecular weight is 275 g/mol. The highest BCUT2D eigenvalue weighted by Crippen LogP contribution is 2.14. The first-order valence-electron chi connectivity index (χ1n) is 6.89. The van der Waals surface area contributed by atoms with Crippen LogP contribution in [0.2, 0.25) is 0 Å². The van der Waals surface area contributed by atoms with Crippen LogP contribution >= 0.6 is 0 Å². The van der Waals surface area contributed by atoms with Crippen molar-refractivity contribution in [2.45, 2.75) is 13.3 Å². The van der Waals surface area contributed by atoms with Crippen LogP contribution in [0.1, 0.15) is 23.7 Å². The molecule has 1 saturated heterocycles. The second-order valence-corrected chi connectivity index (χ2v) is 5.39. The molecule has 1 fully saturated rings. The van der Waals surface area contributed by atoms with Gasteiger partial charge in [-0.1, -0.05) is 6.07 Å². The molecule has 5 heteroatoms. The third-order valence-corrected chi connectivity index (χ3v) is 3.49. The number of carbonyl (C=O) groups excluding carboxylic acids is 2. The van der Waals surface area contributed by atoms with E-state index in [0.29, 0.717) is 23.7 Å². The van der Waals surface area contributed by atoms with E-state index in [-0.39, 0.29) is 11.8 Å². The highest BCUT2D eigenvalue weighted by atomic mass is 16.2. The number of hydrogen-bond donors (Lipinski definition) is 2. The average Bonchev–Trinajstić information content (AvgIpc) is 2.81. The van der Waals surface area contributed by atoms with Crippen LogP contribution in [-0.4, -0.2) is 43.4 Å². The third-order valence-electron chi connectivity index (χ3n) is 3.49. The molecule has 2 amide bonds. The van der Waals surface area contributed by atoms with Crippen LogP contribution in [0.25, 0.3) is 0 Å². The molecule has 1 aromatic rings. The molecule has 0 saturated carbocycles. The maximum Gasteiger partial charge on any atom is 0.251 e. The van der Waals surface area contributed by atoms with E-state index in [2.05, 4.69) is 22.6 Å². The fourth-order valence-electron chi connectivity index (χ4n) is 2.47. The number of carbonyl (C=O) groups is 2. The predicted molar refractivity (Wildman–Crippen MR) is 78.7 cm³/mol. The van der Waals surface area contributed by atoms with Gasteiger partial charge in [0.1, 0.15) is 0 Å². The summed E-state index contributed by atoms with van der Waals surface area (Å²) in [5, 5.41) is 5.64. The highest BCUT2D eigenvalue weighted by molar-refractivity contribution is 5.96. The lowest BCUT2D eigenvalue weighted by Gasteiger charge is -2.12. The molecular weight excluding hydrogens is 254 g/mol. The normalized spacial score (nSPS) is 18.8. The van der Waals surface area contributed by atoms with Crippen LogP contribution in [0.4, 0.5) is 5.69 Å². The van der Waals surface area contributed by atoms with Gasteiger partial charge in [-0.2, -0.15) is 0 Å². The van der Waals surface area contributed by atoms with Gasteiger partial charge in [-0.25, -0.2) is 0 Å². The Balaban J connectivity index is 1.90. The molecule has 0 radical (unpaired) electrons. The fourth-order valence-corrected chi connectivity index (χ4v) is 2.47. The third kappa shape index (κ3) is 4.06. The van der Waals surface area contributed by atoms with E-state index in [1.165, 1.54) is 6.92 Å². The Morgan fingerprint density at radius 1 is 1.40 bits per heavy atom. The molecule has 0 bridgehead atoms. The van der Waals surface area contributed by atoms with Crippen molar-refractivity contribution in [3.05, 3.63) is 29.8 Å². The summed E-state index contributed by atoms with van der Waals surface area (Å²) in [4.78, 5) is 25.4. The first-order chi connectivity index (χ1) is 9.54. The zero-order chi connectivity index (χ0) is 14.5. The topological polar surface area (TPSA) is 61.4 Å². The molecule has 108 valence electrons. The van der Waals surface area contributed by atoms with Gasteiger partial charge < -0.3 is 15.5 Å². The Bertz CT molecular complexity index is 502. The Labute approximate surface area is 119 Å². The number of benzene rings is 1. The minimum absolute atomic E-state index is 0.0910. The first-order valence-corrected chi connectivity index (χ1v) is 6.89. The number of hydrogen-bond acceptors (Lipinski definition) is 3. The van der Waals surface area contributed by atoms with Crippen LogP contribution in [0.3, 0.4) is 0 Å². The lowest BCUT2D eigenvalue weighted by atomic mass is 10.1. The van der Waals surface area contributed by atoms with Gasteiger partial charge in [0, 0.05) is 31.3 Å². The monoisotopic (exact) mass is 275 g/mol. The molecule has 2 rings (SSSR count). The molecular formula is C15H21N3O2. The molecule has 1 aliphatic rings. The van der Waals surface area contributed by atoms with Crippen molar-refractivity contribution in [3.63, 3.8) is 0 Å². The van der Waals surface area contributed by atoms with E-state index >= 15 is 0 Å². The summed E-state index contributed by atoms with van der Waals surface area (Å²) >= 11 is 0. The second kappa shape index (κ2) is 6.52. The van der Waals surface area contributed by atoms with Crippen molar-refractivity contribution in [1.29, 1.82) is 0 Å². The number of anilines is 1. The van der Waals surface area contributed by atoms with E-state index in [1.807, 2.05) is 0 Å². The summed E-state index contributed by atoms with van der Waals surface area (Å²) in [5.41, 5.74) is 1.22. The van der Waals surface area contributed by atoms with Crippen molar-refractivity contribution in [3.8, 4) is 0 Å². The van der Waals surface area contributed by atoms with Crippen LogP contribution in [0.5, 0.6) is 0 Å². The van der Waals surface area contributed by atoms with Gasteiger partial charge in [-0.15, -0.1) is 0 Å². The summed E-state index contributed by atoms with van der Waals surface area (Å²) in [6.07, 6.45) is 1.13. The second-order valence-electron chi connectivity index (χ2n) is 5.39. The first kappa shape index (κ1) is 14.5. The van der Waals surface area contributed by atoms with Crippen LogP contribution in [0, 0.1) is 5.92 Å². The molecule has 1 aromatic carbocycles. The van der Waals surface area contributed by atoms with Crippen LogP contribution in [0.15, 0.2) is 24.3 Å². The standard InChI is InChI=1S/C15H21N3O2/c1-11(19)17-14-5-3-4-13(8-14)15(20)16-9-12-6-7-18(2)10-12/h3-5,8,12H,6-7,9-10H2,1-2H3,(H,16,20)(H,17,19). The summed E-state index contributed by atoms with van der Waals surface area (Å²) in [6.45, 7) is 4.28. The zero-order valence-electron chi connectivity index (χ0n) is 12.0. The van der Waals surface area contributed by atoms with Crippen LogP contribution < -0.4 is 10.6 Å². The maximum absolute atomic E-state index is 12.1. The Kier molecular flexibility index (Phi) is 4.74. The summed E-state index contributed by atoms with van der Waals surface area (Å²) < 4.78 is 0. The largest absolute Gasteiger partial charge is 0.352 e. The zero-order valence-corrected chi connectivity index (χ0v) is 12.0. The predicted octanol–water partition coefficient (Wildman–Crippen LogP) is 1.33. The van der Waals surface area contributed by atoms with Gasteiger partial charge >= 0.3 is 0 Å². The molecule has 5 nitrogen and oxygen atoms in total. The number of rotatable bonds is 4. The summed E-state index contributed by atoms with van der Waals surface area (Å²) in [6, 6.07) is 6.98. The molecule has 1 aliphatic heterocycles. The van der Waals surface area contributed by atoms with E-state index in [9.17, 15) is 9.59 Å².